The average molecular weight is 449 g/mol. The van der Waals surface area contributed by atoms with Crippen molar-refractivity contribution in [2.24, 2.45) is 4.99 Å². The molecule has 1 fully saturated rings. The zero-order chi connectivity index (χ0) is 16.8. The molecule has 2 heterocycles. The molecule has 24 heavy (non-hydrogen) atoms. The maximum Gasteiger partial charge on any atom is 0.222 e. The average Bonchev–Trinajstić information content (AvgIpc) is 2.98. The number of nitrogens with zero attached hydrogens (tertiary/aromatic N) is 3. The highest BCUT2D eigenvalue weighted by atomic mass is 127. The van der Waals surface area contributed by atoms with Crippen molar-refractivity contribution in [2.75, 3.05) is 20.1 Å². The van der Waals surface area contributed by atoms with Crippen LogP contribution in [0.2, 0.25) is 0 Å². The number of aromatic nitrogens is 1. The van der Waals surface area contributed by atoms with Crippen LogP contribution in [0.25, 0.3) is 0 Å². The first-order chi connectivity index (χ1) is 11.0. The second-order valence-electron chi connectivity index (χ2n) is 6.22. The lowest BCUT2D eigenvalue weighted by molar-refractivity contribution is -0.132. The smallest absolute Gasteiger partial charge is 0.222 e. The van der Waals surface area contributed by atoms with Crippen LogP contribution in [0.1, 0.15) is 51.0 Å². The molecule has 2 N–H and O–H groups in total. The van der Waals surface area contributed by atoms with Crippen molar-refractivity contribution >= 4 is 35.8 Å². The quantitative estimate of drug-likeness (QED) is 0.409. The summed E-state index contributed by atoms with van der Waals surface area (Å²) in [7, 11) is 1.84. The summed E-state index contributed by atoms with van der Waals surface area (Å²) in [4.78, 5) is 17.9. The summed E-state index contributed by atoms with van der Waals surface area (Å²) in [6.45, 7) is 8.11. The molecule has 0 spiro atoms. The topological polar surface area (TPSA) is 82.8 Å². The van der Waals surface area contributed by atoms with E-state index in [0.717, 1.165) is 30.4 Å². The molecule has 1 aromatic rings. The summed E-state index contributed by atoms with van der Waals surface area (Å²) in [5, 5.41) is 10.7. The molecule has 0 bridgehead atoms. The van der Waals surface area contributed by atoms with Crippen molar-refractivity contribution in [3.05, 3.63) is 17.5 Å². The van der Waals surface area contributed by atoms with Crippen LogP contribution in [-0.2, 0) is 11.3 Å². The van der Waals surface area contributed by atoms with Gasteiger partial charge < -0.3 is 20.1 Å². The van der Waals surface area contributed by atoms with Crippen molar-refractivity contribution in [1.82, 2.24) is 20.7 Å². The Morgan fingerprint density at radius 1 is 1.54 bits per heavy atom. The van der Waals surface area contributed by atoms with E-state index in [9.17, 15) is 4.79 Å². The van der Waals surface area contributed by atoms with E-state index in [1.165, 1.54) is 0 Å². The maximum atomic E-state index is 11.6. The van der Waals surface area contributed by atoms with Gasteiger partial charge in [-0.2, -0.15) is 0 Å². The van der Waals surface area contributed by atoms with Gasteiger partial charge >= 0.3 is 0 Å². The van der Waals surface area contributed by atoms with Crippen molar-refractivity contribution in [3.63, 3.8) is 0 Å². The van der Waals surface area contributed by atoms with Crippen LogP contribution in [0.5, 0.6) is 0 Å². The van der Waals surface area contributed by atoms with Gasteiger partial charge in [-0.3, -0.25) is 4.79 Å². The Morgan fingerprint density at radius 3 is 2.88 bits per heavy atom. The van der Waals surface area contributed by atoms with E-state index in [1.54, 1.807) is 4.90 Å². The molecule has 0 aromatic carbocycles. The van der Waals surface area contributed by atoms with Crippen molar-refractivity contribution in [1.29, 1.82) is 0 Å². The molecule has 1 aliphatic heterocycles. The van der Waals surface area contributed by atoms with Gasteiger partial charge in [0.05, 0.1) is 5.69 Å². The number of piperidine rings is 1. The maximum absolute atomic E-state index is 11.6. The van der Waals surface area contributed by atoms with E-state index in [4.69, 9.17) is 4.52 Å². The number of halogens is 1. The van der Waals surface area contributed by atoms with Crippen LogP contribution >= 0.6 is 24.0 Å². The number of amides is 1. The van der Waals surface area contributed by atoms with Crippen LogP contribution < -0.4 is 10.6 Å². The molecule has 1 aromatic heterocycles. The molecule has 0 saturated carbocycles. The number of aliphatic imine (C=N–C) groups is 1. The second kappa shape index (κ2) is 9.85. The lowest BCUT2D eigenvalue weighted by Gasteiger charge is -2.31. The fourth-order valence-corrected chi connectivity index (χ4v) is 2.48. The first-order valence-corrected chi connectivity index (χ1v) is 8.23. The van der Waals surface area contributed by atoms with Gasteiger partial charge in [-0.15, -0.1) is 24.0 Å². The fraction of sp³-hybridized carbons (Fsp3) is 0.688. The molecular weight excluding hydrogens is 421 g/mol. The van der Waals surface area contributed by atoms with E-state index >= 15 is 0 Å². The van der Waals surface area contributed by atoms with Gasteiger partial charge in [-0.1, -0.05) is 19.0 Å². The third-order valence-electron chi connectivity index (χ3n) is 3.87. The summed E-state index contributed by atoms with van der Waals surface area (Å²) < 4.78 is 5.31. The van der Waals surface area contributed by atoms with Crippen LogP contribution in [0.3, 0.4) is 0 Å². The normalized spacial score (nSPS) is 18.5. The molecule has 1 unspecified atom stereocenters. The first kappa shape index (κ1) is 20.7. The molecule has 136 valence electrons. The molecule has 1 amide bonds. The van der Waals surface area contributed by atoms with Crippen LogP contribution in [-0.4, -0.2) is 48.1 Å². The van der Waals surface area contributed by atoms with Crippen LogP contribution in [0.15, 0.2) is 15.6 Å². The fourth-order valence-electron chi connectivity index (χ4n) is 2.48. The lowest BCUT2D eigenvalue weighted by Crippen LogP contribution is -2.51. The monoisotopic (exact) mass is 449 g/mol. The zero-order valence-corrected chi connectivity index (χ0v) is 17.2. The number of guanidine groups is 1. The first-order valence-electron chi connectivity index (χ1n) is 8.23. The number of carbonyl (C=O) groups excluding carboxylic acids is 1. The molecule has 1 saturated heterocycles. The van der Waals surface area contributed by atoms with Gasteiger partial charge in [0.25, 0.3) is 0 Å². The lowest BCUT2D eigenvalue weighted by atomic mass is 10.1. The summed E-state index contributed by atoms with van der Waals surface area (Å²) in [6, 6.07) is 2.17. The van der Waals surface area contributed by atoms with Gasteiger partial charge in [0.15, 0.2) is 11.7 Å². The van der Waals surface area contributed by atoms with E-state index < -0.39 is 0 Å². The standard InChI is InChI=1S/C16H27N5O2.HI/c1-5-17-16(19-12-6-7-15(22)21(4)10-12)18-9-13-8-14(11(2)3)20-23-13;/h8,11-12H,5-7,9-10H2,1-4H3,(H2,17,18,19);1H. The second-order valence-corrected chi connectivity index (χ2v) is 6.22. The SMILES string of the molecule is CCNC(=NCc1cc(C(C)C)no1)NC1CCC(=O)N(C)C1.I. The molecule has 1 aliphatic rings. The summed E-state index contributed by atoms with van der Waals surface area (Å²) >= 11 is 0. The molecule has 1 atom stereocenters. The number of likely N-dealkylation sites (N-methyl/N-ethyl adjacent to an activating group) is 1. The summed E-state index contributed by atoms with van der Waals surface area (Å²) in [6.07, 6.45) is 1.40. The number of hydrogen-bond acceptors (Lipinski definition) is 4. The van der Waals surface area contributed by atoms with Gasteiger partial charge in [0.2, 0.25) is 5.91 Å². The number of likely N-dealkylation sites (tertiary alicyclic amines) is 1. The Hall–Kier alpha value is -1.32. The minimum Gasteiger partial charge on any atom is -0.359 e. The van der Waals surface area contributed by atoms with Gasteiger partial charge in [0, 0.05) is 38.7 Å². The molecule has 0 aliphatic carbocycles. The van der Waals surface area contributed by atoms with Crippen molar-refractivity contribution in [3.8, 4) is 0 Å². The molecule has 2 rings (SSSR count). The minimum atomic E-state index is 0. The molecular formula is C16H28IN5O2. The highest BCUT2D eigenvalue weighted by Gasteiger charge is 2.23. The van der Waals surface area contributed by atoms with Crippen molar-refractivity contribution < 1.29 is 9.32 Å². The molecule has 8 heteroatoms. The van der Waals surface area contributed by atoms with E-state index in [0.29, 0.717) is 25.4 Å². The number of carbonyl (C=O) groups is 1. The highest BCUT2D eigenvalue weighted by Crippen LogP contribution is 2.14. The number of hydrogen-bond donors (Lipinski definition) is 2. The van der Waals surface area contributed by atoms with Gasteiger partial charge in [-0.05, 0) is 19.3 Å². The third-order valence-corrected chi connectivity index (χ3v) is 3.87. The van der Waals surface area contributed by atoms with E-state index in [1.807, 2.05) is 20.0 Å². The van der Waals surface area contributed by atoms with Gasteiger partial charge in [-0.25, -0.2) is 4.99 Å². The largest absolute Gasteiger partial charge is 0.359 e. The van der Waals surface area contributed by atoms with Crippen LogP contribution in [0.4, 0.5) is 0 Å². The zero-order valence-electron chi connectivity index (χ0n) is 14.8. The highest BCUT2D eigenvalue weighted by molar-refractivity contribution is 14.0. The Bertz CT molecular complexity index is 558. The predicted molar refractivity (Wildman–Crippen MR) is 105 cm³/mol. The Labute approximate surface area is 160 Å². The Balaban J connectivity index is 0.00000288. The van der Waals surface area contributed by atoms with Crippen molar-refractivity contribution in [2.45, 2.75) is 52.1 Å². The van der Waals surface area contributed by atoms with E-state index in [2.05, 4.69) is 34.6 Å². The molecule has 7 nitrogen and oxygen atoms in total. The predicted octanol–water partition coefficient (Wildman–Crippen LogP) is 2.09. The Kier molecular flexibility index (Phi) is 8.51. The number of rotatable bonds is 5. The third kappa shape index (κ3) is 5.95. The Morgan fingerprint density at radius 2 is 2.29 bits per heavy atom. The summed E-state index contributed by atoms with van der Waals surface area (Å²) in [5.41, 5.74) is 0.945. The molecule has 0 radical (unpaired) electrons. The van der Waals surface area contributed by atoms with Crippen LogP contribution in [0, 0.1) is 0 Å². The van der Waals surface area contributed by atoms with Gasteiger partial charge in [0.1, 0.15) is 6.54 Å². The minimum absolute atomic E-state index is 0. The number of nitrogens with one attached hydrogen (secondary N) is 2. The van der Waals surface area contributed by atoms with E-state index in [-0.39, 0.29) is 35.9 Å². The summed E-state index contributed by atoms with van der Waals surface area (Å²) in [5.74, 6) is 2.04.